The van der Waals surface area contributed by atoms with Gasteiger partial charge in [-0.25, -0.2) is 9.18 Å². The molecule has 0 saturated heterocycles. The topological polar surface area (TPSA) is 83.7 Å². The number of carbonyl (C=O) groups excluding carboxylic acids is 1. The SMILES string of the molecule is CC(CC(O)c1ccco1)NC(=O)NCCOc1cccc(F)c1. The van der Waals surface area contributed by atoms with Gasteiger partial charge in [-0.15, -0.1) is 0 Å². The zero-order valence-electron chi connectivity index (χ0n) is 13.4. The minimum absolute atomic E-state index is 0.222. The molecule has 1 heterocycles. The molecule has 0 bridgehead atoms. The number of ether oxygens (including phenoxy) is 1. The van der Waals surface area contributed by atoms with E-state index in [9.17, 15) is 14.3 Å². The highest BCUT2D eigenvalue weighted by Gasteiger charge is 2.16. The summed E-state index contributed by atoms with van der Waals surface area (Å²) >= 11 is 0. The van der Waals surface area contributed by atoms with Gasteiger partial charge in [-0.05, 0) is 31.2 Å². The second-order valence-electron chi connectivity index (χ2n) is 5.37. The molecule has 0 aliphatic heterocycles. The number of furan rings is 1. The number of carbonyl (C=O) groups is 1. The van der Waals surface area contributed by atoms with E-state index in [1.807, 2.05) is 0 Å². The van der Waals surface area contributed by atoms with E-state index in [0.29, 0.717) is 17.9 Å². The summed E-state index contributed by atoms with van der Waals surface area (Å²) in [7, 11) is 0. The zero-order chi connectivity index (χ0) is 17.4. The largest absolute Gasteiger partial charge is 0.492 e. The first-order valence-corrected chi connectivity index (χ1v) is 7.69. The van der Waals surface area contributed by atoms with Crippen LogP contribution in [-0.2, 0) is 0 Å². The van der Waals surface area contributed by atoms with Gasteiger partial charge in [-0.1, -0.05) is 6.07 Å². The molecule has 2 aromatic rings. The number of nitrogens with one attached hydrogen (secondary N) is 2. The zero-order valence-corrected chi connectivity index (χ0v) is 13.4. The molecule has 2 rings (SSSR count). The van der Waals surface area contributed by atoms with Crippen molar-refractivity contribution in [3.63, 3.8) is 0 Å². The third-order valence-corrected chi connectivity index (χ3v) is 3.28. The van der Waals surface area contributed by atoms with Crippen molar-refractivity contribution in [1.82, 2.24) is 10.6 Å². The molecule has 0 spiro atoms. The lowest BCUT2D eigenvalue weighted by molar-refractivity contribution is 0.129. The van der Waals surface area contributed by atoms with E-state index < -0.39 is 6.10 Å². The Labute approximate surface area is 139 Å². The van der Waals surface area contributed by atoms with E-state index in [2.05, 4.69) is 10.6 Å². The molecule has 2 unspecified atom stereocenters. The fourth-order valence-corrected chi connectivity index (χ4v) is 2.16. The third-order valence-electron chi connectivity index (χ3n) is 3.28. The average molecular weight is 336 g/mol. The highest BCUT2D eigenvalue weighted by atomic mass is 19.1. The Kier molecular flexibility index (Phi) is 6.62. The van der Waals surface area contributed by atoms with Gasteiger partial charge in [0.05, 0.1) is 12.8 Å². The number of benzene rings is 1. The van der Waals surface area contributed by atoms with Crippen LogP contribution in [0.5, 0.6) is 5.75 Å². The number of hydrogen-bond donors (Lipinski definition) is 3. The number of halogens is 1. The quantitative estimate of drug-likeness (QED) is 0.647. The molecule has 24 heavy (non-hydrogen) atoms. The van der Waals surface area contributed by atoms with Crippen LogP contribution in [0.1, 0.15) is 25.2 Å². The first-order valence-electron chi connectivity index (χ1n) is 7.69. The molecular weight excluding hydrogens is 315 g/mol. The van der Waals surface area contributed by atoms with Crippen molar-refractivity contribution in [3.05, 3.63) is 54.2 Å². The Hall–Kier alpha value is -2.54. The second kappa shape index (κ2) is 8.93. The summed E-state index contributed by atoms with van der Waals surface area (Å²) in [6.45, 7) is 2.28. The Morgan fingerprint density at radius 1 is 1.38 bits per heavy atom. The Morgan fingerprint density at radius 2 is 2.21 bits per heavy atom. The minimum atomic E-state index is -0.772. The van der Waals surface area contributed by atoms with Gasteiger partial charge >= 0.3 is 6.03 Å². The molecule has 1 aromatic heterocycles. The number of hydrogen-bond acceptors (Lipinski definition) is 4. The summed E-state index contributed by atoms with van der Waals surface area (Å²) < 4.78 is 23.4. The molecule has 1 aromatic carbocycles. The lowest BCUT2D eigenvalue weighted by Crippen LogP contribution is -2.42. The Bertz CT molecular complexity index is 633. The standard InChI is InChI=1S/C17H21FN2O4/c1-12(10-15(21)16-6-3-8-24-16)20-17(22)19-7-9-23-14-5-2-4-13(18)11-14/h2-6,8,11-12,15,21H,7,9-10H2,1H3,(H2,19,20,22). The van der Waals surface area contributed by atoms with Crippen molar-refractivity contribution in [2.24, 2.45) is 0 Å². The van der Waals surface area contributed by atoms with Gasteiger partial charge in [0.1, 0.15) is 30.0 Å². The van der Waals surface area contributed by atoms with E-state index in [-0.39, 0.29) is 31.0 Å². The van der Waals surface area contributed by atoms with E-state index in [0.717, 1.165) is 0 Å². The van der Waals surface area contributed by atoms with Gasteiger partial charge in [-0.3, -0.25) is 0 Å². The third kappa shape index (κ3) is 5.92. The number of aliphatic hydroxyl groups excluding tert-OH is 1. The van der Waals surface area contributed by atoms with Gasteiger partial charge in [-0.2, -0.15) is 0 Å². The van der Waals surface area contributed by atoms with Crippen LogP contribution in [0.4, 0.5) is 9.18 Å². The maximum absolute atomic E-state index is 13.0. The molecule has 6 nitrogen and oxygen atoms in total. The summed E-state index contributed by atoms with van der Waals surface area (Å²) in [6, 6.07) is 8.57. The van der Waals surface area contributed by atoms with Crippen LogP contribution in [-0.4, -0.2) is 30.3 Å². The first kappa shape index (κ1) is 17.8. The van der Waals surface area contributed by atoms with Crippen LogP contribution in [0.2, 0.25) is 0 Å². The molecular formula is C17H21FN2O4. The van der Waals surface area contributed by atoms with Crippen molar-refractivity contribution in [3.8, 4) is 5.75 Å². The summed E-state index contributed by atoms with van der Waals surface area (Å²) in [6.07, 6.45) is 1.05. The highest BCUT2D eigenvalue weighted by Crippen LogP contribution is 2.18. The number of amides is 2. The highest BCUT2D eigenvalue weighted by molar-refractivity contribution is 5.74. The Balaban J connectivity index is 1.62. The maximum atomic E-state index is 13.0. The summed E-state index contributed by atoms with van der Waals surface area (Å²) in [5, 5.41) is 15.3. The molecule has 0 radical (unpaired) electrons. The van der Waals surface area contributed by atoms with Gasteiger partial charge in [0, 0.05) is 18.5 Å². The van der Waals surface area contributed by atoms with Crippen molar-refractivity contribution >= 4 is 6.03 Å². The van der Waals surface area contributed by atoms with Crippen LogP contribution in [0.3, 0.4) is 0 Å². The summed E-state index contributed by atoms with van der Waals surface area (Å²) in [4.78, 5) is 11.7. The summed E-state index contributed by atoms with van der Waals surface area (Å²) in [5.74, 6) is 0.502. The normalized spacial score (nSPS) is 13.1. The predicted octanol–water partition coefficient (Wildman–Crippen LogP) is 2.61. The maximum Gasteiger partial charge on any atom is 0.315 e. The fourth-order valence-electron chi connectivity index (χ4n) is 2.16. The first-order chi connectivity index (χ1) is 11.5. The molecule has 130 valence electrons. The second-order valence-corrected chi connectivity index (χ2v) is 5.37. The molecule has 2 amide bonds. The van der Waals surface area contributed by atoms with Crippen LogP contribution < -0.4 is 15.4 Å². The number of urea groups is 1. The van der Waals surface area contributed by atoms with Gasteiger partial charge in [0.2, 0.25) is 0 Å². The van der Waals surface area contributed by atoms with Crippen molar-refractivity contribution < 1.29 is 23.4 Å². The van der Waals surface area contributed by atoms with Crippen molar-refractivity contribution in [1.29, 1.82) is 0 Å². The number of aliphatic hydroxyl groups is 1. The smallest absolute Gasteiger partial charge is 0.315 e. The van der Waals surface area contributed by atoms with E-state index in [1.165, 1.54) is 18.4 Å². The molecule has 0 saturated carbocycles. The van der Waals surface area contributed by atoms with Gasteiger partial charge in [0.25, 0.3) is 0 Å². The average Bonchev–Trinajstić information content (AvgIpc) is 3.06. The lowest BCUT2D eigenvalue weighted by atomic mass is 10.1. The molecule has 0 aliphatic carbocycles. The van der Waals surface area contributed by atoms with Crippen LogP contribution in [0, 0.1) is 5.82 Å². The predicted molar refractivity (Wildman–Crippen MR) is 86.2 cm³/mol. The van der Waals surface area contributed by atoms with Crippen molar-refractivity contribution in [2.45, 2.75) is 25.5 Å². The number of rotatable bonds is 8. The molecule has 0 fully saturated rings. The van der Waals surface area contributed by atoms with E-state index in [4.69, 9.17) is 9.15 Å². The van der Waals surface area contributed by atoms with E-state index >= 15 is 0 Å². The van der Waals surface area contributed by atoms with Crippen molar-refractivity contribution in [2.75, 3.05) is 13.2 Å². The molecule has 7 heteroatoms. The molecule has 3 N–H and O–H groups in total. The Morgan fingerprint density at radius 3 is 2.92 bits per heavy atom. The summed E-state index contributed by atoms with van der Waals surface area (Å²) in [5.41, 5.74) is 0. The molecule has 0 aliphatic rings. The molecule has 2 atom stereocenters. The minimum Gasteiger partial charge on any atom is -0.492 e. The van der Waals surface area contributed by atoms with Crippen LogP contribution >= 0.6 is 0 Å². The van der Waals surface area contributed by atoms with Gasteiger partial charge < -0.3 is 24.9 Å². The fraction of sp³-hybridized carbons (Fsp3) is 0.353. The van der Waals surface area contributed by atoms with E-state index in [1.54, 1.807) is 31.2 Å². The van der Waals surface area contributed by atoms with Crippen LogP contribution in [0.25, 0.3) is 0 Å². The monoisotopic (exact) mass is 336 g/mol. The van der Waals surface area contributed by atoms with Gasteiger partial charge in [0.15, 0.2) is 0 Å². The van der Waals surface area contributed by atoms with Crippen LogP contribution in [0.15, 0.2) is 47.1 Å². The lowest BCUT2D eigenvalue weighted by Gasteiger charge is -2.17.